The Bertz CT molecular complexity index is 540. The van der Waals surface area contributed by atoms with Crippen LogP contribution in [0.5, 0.6) is 0 Å². The molecule has 0 aromatic heterocycles. The third kappa shape index (κ3) is 3.32. The monoisotopic (exact) mass is 259 g/mol. The largest absolute Gasteiger partial charge is 0.389 e. The Morgan fingerprint density at radius 1 is 1.16 bits per heavy atom. The predicted molar refractivity (Wildman–Crippen MR) is 75.6 cm³/mol. The van der Waals surface area contributed by atoms with E-state index in [-0.39, 0.29) is 5.82 Å². The first-order valence-corrected chi connectivity index (χ1v) is 6.30. The van der Waals surface area contributed by atoms with Gasteiger partial charge in [0.15, 0.2) is 0 Å². The minimum absolute atomic E-state index is 0.326. The van der Waals surface area contributed by atoms with Gasteiger partial charge in [0.2, 0.25) is 0 Å². The van der Waals surface area contributed by atoms with Crippen LogP contribution < -0.4 is 4.90 Å². The van der Waals surface area contributed by atoms with E-state index in [0.717, 1.165) is 5.69 Å². The van der Waals surface area contributed by atoms with Gasteiger partial charge in [0, 0.05) is 24.8 Å². The fraction of sp³-hybridized carbons (Fsp3) is 0.250. The van der Waals surface area contributed by atoms with Crippen molar-refractivity contribution >= 4 is 5.69 Å². The maximum absolute atomic E-state index is 13.3. The second-order valence-electron chi connectivity index (χ2n) is 4.72. The number of halogens is 1. The van der Waals surface area contributed by atoms with E-state index in [2.05, 4.69) is 0 Å². The van der Waals surface area contributed by atoms with Crippen LogP contribution in [0.15, 0.2) is 48.5 Å². The molecule has 2 nitrogen and oxygen atoms in total. The van der Waals surface area contributed by atoms with E-state index in [9.17, 15) is 9.50 Å². The summed E-state index contributed by atoms with van der Waals surface area (Å²) < 4.78 is 13.3. The second-order valence-corrected chi connectivity index (χ2v) is 4.72. The molecule has 1 N–H and O–H groups in total. The minimum atomic E-state index is -0.691. The van der Waals surface area contributed by atoms with Gasteiger partial charge in [-0.25, -0.2) is 4.39 Å². The highest BCUT2D eigenvalue weighted by molar-refractivity contribution is 5.54. The van der Waals surface area contributed by atoms with Crippen LogP contribution in [0.3, 0.4) is 0 Å². The van der Waals surface area contributed by atoms with E-state index < -0.39 is 6.10 Å². The van der Waals surface area contributed by atoms with Crippen LogP contribution in [-0.4, -0.2) is 12.2 Å². The van der Waals surface area contributed by atoms with Crippen LogP contribution in [0.1, 0.15) is 24.2 Å². The zero-order valence-electron chi connectivity index (χ0n) is 11.2. The Morgan fingerprint density at radius 2 is 1.84 bits per heavy atom. The predicted octanol–water partition coefficient (Wildman–Crippen LogP) is 3.52. The van der Waals surface area contributed by atoms with Crippen LogP contribution in [-0.2, 0) is 6.54 Å². The van der Waals surface area contributed by atoms with Gasteiger partial charge >= 0.3 is 0 Å². The fourth-order valence-electron chi connectivity index (χ4n) is 2.15. The van der Waals surface area contributed by atoms with Gasteiger partial charge in [-0.3, -0.25) is 0 Å². The first-order chi connectivity index (χ1) is 9.08. The van der Waals surface area contributed by atoms with Crippen LogP contribution in [0, 0.1) is 5.82 Å². The first kappa shape index (κ1) is 13.6. The lowest BCUT2D eigenvalue weighted by Crippen LogP contribution is -2.18. The lowest BCUT2D eigenvalue weighted by Gasteiger charge is -2.23. The maximum atomic E-state index is 13.3. The molecule has 2 aromatic rings. The van der Waals surface area contributed by atoms with E-state index in [1.165, 1.54) is 17.7 Å². The normalized spacial score (nSPS) is 12.2. The molecule has 0 aliphatic heterocycles. The van der Waals surface area contributed by atoms with Crippen molar-refractivity contribution in [3.05, 3.63) is 65.5 Å². The molecule has 0 aliphatic rings. The number of aliphatic hydroxyl groups excluding tert-OH is 1. The Kier molecular flexibility index (Phi) is 4.17. The average Bonchev–Trinajstić information content (AvgIpc) is 2.39. The number of benzene rings is 2. The smallest absolute Gasteiger partial charge is 0.123 e. The highest BCUT2D eigenvalue weighted by atomic mass is 19.1. The number of rotatable bonds is 4. The molecule has 2 rings (SSSR count). The third-order valence-corrected chi connectivity index (χ3v) is 3.11. The summed E-state index contributed by atoms with van der Waals surface area (Å²) in [7, 11) is 1.94. The van der Waals surface area contributed by atoms with Crippen LogP contribution >= 0.6 is 0 Å². The number of hydrogen-bond acceptors (Lipinski definition) is 2. The zero-order valence-corrected chi connectivity index (χ0v) is 11.2. The minimum Gasteiger partial charge on any atom is -0.389 e. The van der Waals surface area contributed by atoms with E-state index in [1.807, 2.05) is 42.3 Å². The highest BCUT2D eigenvalue weighted by Gasteiger charge is 2.13. The molecular weight excluding hydrogens is 241 g/mol. The standard InChI is InChI=1S/C16H18FNO/c1-12(19)15-10-14(17)8-9-16(15)18(2)11-13-6-4-3-5-7-13/h3-10,12,19H,11H2,1-2H3/t12-/m1/s1. The topological polar surface area (TPSA) is 23.5 Å². The molecule has 2 aromatic carbocycles. The van der Waals surface area contributed by atoms with Gasteiger partial charge in [0.1, 0.15) is 5.82 Å². The zero-order chi connectivity index (χ0) is 13.8. The summed E-state index contributed by atoms with van der Waals surface area (Å²) in [4.78, 5) is 2.01. The van der Waals surface area contributed by atoms with Gasteiger partial charge < -0.3 is 10.0 Å². The summed E-state index contributed by atoms with van der Waals surface area (Å²) in [6.07, 6.45) is -0.691. The highest BCUT2D eigenvalue weighted by Crippen LogP contribution is 2.27. The third-order valence-electron chi connectivity index (χ3n) is 3.11. The second kappa shape index (κ2) is 5.85. The summed E-state index contributed by atoms with van der Waals surface area (Å²) in [5.74, 6) is -0.326. The van der Waals surface area contributed by atoms with Crippen LogP contribution in [0.4, 0.5) is 10.1 Å². The summed E-state index contributed by atoms with van der Waals surface area (Å²) in [5, 5.41) is 9.75. The number of hydrogen-bond donors (Lipinski definition) is 1. The molecule has 0 unspecified atom stereocenters. The molecule has 0 heterocycles. The van der Waals surface area contributed by atoms with Gasteiger partial charge in [0.05, 0.1) is 6.10 Å². The van der Waals surface area contributed by atoms with Gasteiger partial charge in [-0.1, -0.05) is 30.3 Å². The van der Waals surface area contributed by atoms with Crippen molar-refractivity contribution in [2.45, 2.75) is 19.6 Å². The molecule has 0 amide bonds. The number of anilines is 1. The van der Waals surface area contributed by atoms with Gasteiger partial charge in [0.25, 0.3) is 0 Å². The van der Waals surface area contributed by atoms with E-state index in [1.54, 1.807) is 13.0 Å². The molecule has 19 heavy (non-hydrogen) atoms. The van der Waals surface area contributed by atoms with Crippen LogP contribution in [0.25, 0.3) is 0 Å². The molecule has 0 aliphatic carbocycles. The summed E-state index contributed by atoms with van der Waals surface area (Å²) >= 11 is 0. The Labute approximate surface area is 113 Å². The molecule has 100 valence electrons. The Morgan fingerprint density at radius 3 is 2.47 bits per heavy atom. The van der Waals surface area contributed by atoms with Gasteiger partial charge in [-0.05, 0) is 30.7 Å². The van der Waals surface area contributed by atoms with E-state index in [4.69, 9.17) is 0 Å². The van der Waals surface area contributed by atoms with Crippen molar-refractivity contribution in [1.29, 1.82) is 0 Å². The number of aliphatic hydroxyl groups is 1. The maximum Gasteiger partial charge on any atom is 0.123 e. The summed E-state index contributed by atoms with van der Waals surface area (Å²) in [6.45, 7) is 2.36. The average molecular weight is 259 g/mol. The molecule has 0 saturated heterocycles. The van der Waals surface area contributed by atoms with Crippen molar-refractivity contribution in [2.75, 3.05) is 11.9 Å². The molecule has 3 heteroatoms. The van der Waals surface area contributed by atoms with Gasteiger partial charge in [-0.2, -0.15) is 0 Å². The molecule has 0 fully saturated rings. The molecule has 0 radical (unpaired) electrons. The fourth-order valence-corrected chi connectivity index (χ4v) is 2.15. The summed E-state index contributed by atoms with van der Waals surface area (Å²) in [6, 6.07) is 14.6. The summed E-state index contributed by atoms with van der Waals surface area (Å²) in [5.41, 5.74) is 2.63. The quantitative estimate of drug-likeness (QED) is 0.908. The molecule has 0 spiro atoms. The Hall–Kier alpha value is -1.87. The first-order valence-electron chi connectivity index (χ1n) is 6.30. The van der Waals surface area contributed by atoms with Crippen molar-refractivity contribution < 1.29 is 9.50 Å². The van der Waals surface area contributed by atoms with Crippen molar-refractivity contribution in [2.24, 2.45) is 0 Å². The molecular formula is C16H18FNO. The number of nitrogens with zero attached hydrogens (tertiary/aromatic N) is 1. The van der Waals surface area contributed by atoms with Crippen molar-refractivity contribution in [3.63, 3.8) is 0 Å². The molecule has 0 saturated carbocycles. The lowest BCUT2D eigenvalue weighted by molar-refractivity contribution is 0.199. The van der Waals surface area contributed by atoms with E-state index in [0.29, 0.717) is 12.1 Å². The van der Waals surface area contributed by atoms with E-state index >= 15 is 0 Å². The van der Waals surface area contributed by atoms with Gasteiger partial charge in [-0.15, -0.1) is 0 Å². The molecule has 0 bridgehead atoms. The van der Waals surface area contributed by atoms with Crippen LogP contribution in [0.2, 0.25) is 0 Å². The van der Waals surface area contributed by atoms with Crippen molar-refractivity contribution in [3.8, 4) is 0 Å². The SMILES string of the molecule is C[C@@H](O)c1cc(F)ccc1N(C)Cc1ccccc1. The molecule has 1 atom stereocenters. The lowest BCUT2D eigenvalue weighted by atomic mass is 10.1. The van der Waals surface area contributed by atoms with Crippen molar-refractivity contribution in [1.82, 2.24) is 0 Å². The Balaban J connectivity index is 2.26.